The number of hydrogen-bond acceptors (Lipinski definition) is 0. The van der Waals surface area contributed by atoms with Crippen molar-refractivity contribution in [1.82, 2.24) is 0 Å². The van der Waals surface area contributed by atoms with Crippen molar-refractivity contribution in [2.45, 2.75) is 6.42 Å². The molecule has 0 aromatic carbocycles. The normalized spacial score (nSPS) is 18.5. The average Bonchev–Trinajstić information content (AvgIpc) is 2.11. The van der Waals surface area contributed by atoms with E-state index in [0.717, 1.165) is 11.5 Å². The van der Waals surface area contributed by atoms with Crippen LogP contribution in [0, 0.1) is 0 Å². The molecule has 0 atom stereocenters. The third-order valence-electron chi connectivity index (χ3n) is 1.78. The third-order valence-corrected chi connectivity index (χ3v) is 4.58. The van der Waals surface area contributed by atoms with Gasteiger partial charge in [-0.2, -0.15) is 0 Å². The van der Waals surface area contributed by atoms with Crippen LogP contribution in [-0.4, -0.2) is 20.0 Å². The van der Waals surface area contributed by atoms with E-state index in [0.29, 0.717) is 0 Å². The maximum Gasteiger partial charge on any atom is 0 e. The van der Waals surface area contributed by atoms with E-state index in [4.69, 9.17) is 11.6 Å². The summed E-state index contributed by atoms with van der Waals surface area (Å²) in [7, 11) is -1.10. The Morgan fingerprint density at radius 3 is 2.09 bits per heavy atom. The van der Waals surface area contributed by atoms with Gasteiger partial charge in [-0.1, -0.05) is 0 Å². The van der Waals surface area contributed by atoms with Gasteiger partial charge in [-0.05, 0) is 0 Å². The van der Waals surface area contributed by atoms with E-state index in [1.165, 1.54) is 5.31 Å². The van der Waals surface area contributed by atoms with Crippen molar-refractivity contribution in [2.75, 3.05) is 20.0 Å². The molecule has 1 aliphatic carbocycles. The molecule has 1 aliphatic rings. The summed E-state index contributed by atoms with van der Waals surface area (Å²) < 4.78 is 0. The minimum Gasteiger partial charge on any atom is 0 e. The number of halogens is 1. The smallest absolute Gasteiger partial charge is 0 e. The van der Waals surface area contributed by atoms with E-state index in [9.17, 15) is 0 Å². The Balaban J connectivity index is 0.000001000. The van der Waals surface area contributed by atoms with Crippen LogP contribution >= 0.6 is 18.9 Å². The van der Waals surface area contributed by atoms with Crippen LogP contribution in [0.15, 0.2) is 22.5 Å². The van der Waals surface area contributed by atoms with Crippen LogP contribution in [0.25, 0.3) is 0 Å². The molecule has 0 amide bonds. The van der Waals surface area contributed by atoms with Gasteiger partial charge >= 0.3 is 67.8 Å². The minimum absolute atomic E-state index is 0. The monoisotopic (exact) mass is 227 g/mol. The van der Waals surface area contributed by atoms with Gasteiger partial charge in [-0.15, -0.1) is 0 Å². The fourth-order valence-electron chi connectivity index (χ4n) is 1.14. The topological polar surface area (TPSA) is 0 Å². The summed E-state index contributed by atoms with van der Waals surface area (Å²) in [5.74, 6) is 0. The molecule has 0 unspecified atom stereocenters. The summed E-state index contributed by atoms with van der Waals surface area (Å²) in [5.41, 5.74) is 0. The van der Waals surface area contributed by atoms with Crippen LogP contribution in [0.4, 0.5) is 0 Å². The molecular weight excluding hydrogens is 213 g/mol. The predicted molar refractivity (Wildman–Crippen MR) is 52.7 cm³/mol. The van der Waals surface area contributed by atoms with Crippen LogP contribution in [0.1, 0.15) is 6.42 Å². The molecule has 63 valence electrons. The van der Waals surface area contributed by atoms with Crippen molar-refractivity contribution in [1.29, 1.82) is 0 Å². The molecule has 1 rings (SSSR count). The quantitative estimate of drug-likeness (QED) is 0.604. The Hall–Kier alpha value is 0.784. The Morgan fingerprint density at radius 1 is 1.36 bits per heavy atom. The van der Waals surface area contributed by atoms with Gasteiger partial charge in [0.15, 0.2) is 0 Å². The molecule has 0 saturated carbocycles. The largest absolute Gasteiger partial charge is 0 e. The van der Waals surface area contributed by atoms with Gasteiger partial charge in [0.1, 0.15) is 0 Å². The van der Waals surface area contributed by atoms with Crippen molar-refractivity contribution in [3.63, 3.8) is 0 Å². The summed E-state index contributed by atoms with van der Waals surface area (Å²) in [6.45, 7) is 6.99. The van der Waals surface area contributed by atoms with Crippen LogP contribution in [-0.2, 0) is 18.6 Å². The third kappa shape index (κ3) is 2.95. The first kappa shape index (κ1) is 11.8. The zero-order valence-electron chi connectivity index (χ0n) is 7.19. The van der Waals surface area contributed by atoms with Crippen LogP contribution in [0.3, 0.4) is 0 Å². The fourth-order valence-corrected chi connectivity index (χ4v) is 3.69. The second kappa shape index (κ2) is 4.14. The van der Waals surface area contributed by atoms with E-state index in [1.54, 1.807) is 0 Å². The first-order chi connectivity index (χ1) is 4.52. The second-order valence-corrected chi connectivity index (χ2v) is 9.19. The van der Waals surface area contributed by atoms with Crippen molar-refractivity contribution in [3.05, 3.63) is 22.5 Å². The molecule has 3 heteroatoms. The van der Waals surface area contributed by atoms with Gasteiger partial charge < -0.3 is 0 Å². The van der Waals surface area contributed by atoms with Gasteiger partial charge in [0, 0.05) is 18.6 Å². The van der Waals surface area contributed by atoms with Crippen LogP contribution in [0.2, 0.25) is 0 Å². The molecular formula is C8H14ClPV. The molecule has 0 spiro atoms. The number of rotatable bonds is 1. The Labute approximate surface area is 86.3 Å². The summed E-state index contributed by atoms with van der Waals surface area (Å²) >= 11 is 5.99. The second-order valence-electron chi connectivity index (χ2n) is 3.68. The minimum atomic E-state index is -1.10. The molecule has 0 N–H and O–H groups in total. The van der Waals surface area contributed by atoms with Crippen molar-refractivity contribution in [3.8, 4) is 0 Å². The van der Waals surface area contributed by atoms with Crippen molar-refractivity contribution < 1.29 is 18.6 Å². The molecule has 0 aromatic rings. The van der Waals surface area contributed by atoms with Crippen LogP contribution < -0.4 is 0 Å². The first-order valence-electron chi connectivity index (χ1n) is 3.57. The zero-order chi connectivity index (χ0) is 7.78. The van der Waals surface area contributed by atoms with Crippen molar-refractivity contribution in [2.24, 2.45) is 0 Å². The first-order valence-corrected chi connectivity index (χ1v) is 7.45. The Morgan fingerprint density at radius 2 is 1.91 bits per heavy atom. The Bertz CT molecular complexity index is 201. The maximum absolute atomic E-state index is 5.99. The van der Waals surface area contributed by atoms with Gasteiger partial charge in [-0.25, -0.2) is 0 Å². The number of hydrogen-bond donors (Lipinski definition) is 0. The molecule has 1 radical (unpaired) electrons. The van der Waals surface area contributed by atoms with Gasteiger partial charge in [0.25, 0.3) is 0 Å². The summed E-state index contributed by atoms with van der Waals surface area (Å²) in [6.07, 6.45) is 5.26. The van der Waals surface area contributed by atoms with E-state index in [-0.39, 0.29) is 18.6 Å². The molecule has 0 bridgehead atoms. The molecule has 0 heterocycles. The van der Waals surface area contributed by atoms with Crippen LogP contribution in [0.5, 0.6) is 0 Å². The van der Waals surface area contributed by atoms with E-state index in [1.807, 2.05) is 6.08 Å². The van der Waals surface area contributed by atoms with E-state index < -0.39 is 7.26 Å². The fraction of sp³-hybridized carbons (Fsp3) is 0.500. The predicted octanol–water partition coefficient (Wildman–Crippen LogP) is 3.03. The van der Waals surface area contributed by atoms with E-state index in [2.05, 4.69) is 26.1 Å². The maximum atomic E-state index is 5.99. The summed E-state index contributed by atoms with van der Waals surface area (Å²) in [6, 6.07) is 0. The SMILES string of the molecule is C[PH](C)(C)C1=C(Cl)C=CC1.[V]. The zero-order valence-corrected chi connectivity index (χ0v) is 10.3. The van der Waals surface area contributed by atoms with Gasteiger partial charge in [0.05, 0.1) is 0 Å². The summed E-state index contributed by atoms with van der Waals surface area (Å²) in [5, 5.41) is 2.49. The van der Waals surface area contributed by atoms with Gasteiger partial charge in [0.2, 0.25) is 0 Å². The molecule has 0 aliphatic heterocycles. The molecule has 0 aromatic heterocycles. The molecule has 11 heavy (non-hydrogen) atoms. The molecule has 0 fully saturated rings. The van der Waals surface area contributed by atoms with Crippen molar-refractivity contribution >= 4 is 18.9 Å². The van der Waals surface area contributed by atoms with Gasteiger partial charge in [-0.3, -0.25) is 0 Å². The molecule has 0 nitrogen and oxygen atoms in total. The standard InChI is InChI=1S/C8H14ClP.V/c1-10(2,3)8-6-4-5-7(8)9;/h4-5,10H,6H2,1-3H3;. The summed E-state index contributed by atoms with van der Waals surface area (Å²) in [4.78, 5) is 0. The van der Waals surface area contributed by atoms with E-state index >= 15 is 0 Å². The number of allylic oxidation sites excluding steroid dienone is 4. The molecule has 0 saturated heterocycles. The average molecular weight is 228 g/mol. The Kier molecular flexibility index (Phi) is 4.44.